The Kier molecular flexibility index (Phi) is 5.91. The summed E-state index contributed by atoms with van der Waals surface area (Å²) in [6.07, 6.45) is 0. The molecule has 2 aromatic rings. The van der Waals surface area contributed by atoms with Crippen LogP contribution in [-0.4, -0.2) is 17.6 Å². The molecule has 2 rings (SSSR count). The number of aliphatic imine (C=N–C) groups is 1. The van der Waals surface area contributed by atoms with Crippen LogP contribution in [0.5, 0.6) is 0 Å². The van der Waals surface area contributed by atoms with Crippen molar-refractivity contribution in [3.8, 4) is 0 Å². The summed E-state index contributed by atoms with van der Waals surface area (Å²) in [5, 5.41) is 7.41. The molecule has 0 atom stereocenters. The molecule has 1 heterocycles. The molecule has 0 saturated heterocycles. The maximum Gasteiger partial charge on any atom is 0.191 e. The van der Waals surface area contributed by atoms with Crippen LogP contribution in [0, 0.1) is 12.7 Å². The zero-order valence-corrected chi connectivity index (χ0v) is 14.8. The monoisotopic (exact) mass is 356 g/mol. The predicted octanol–water partition coefficient (Wildman–Crippen LogP) is 3.64. The maximum absolute atomic E-state index is 13.3. The Bertz CT molecular complexity index is 725. The number of aryl methyl sites for hydroxylation is 1. The average molecular weight is 357 g/mol. The van der Waals surface area contributed by atoms with Crippen molar-refractivity contribution in [1.82, 2.24) is 15.2 Å². The minimum Gasteiger partial charge on any atom is -0.352 e. The van der Waals surface area contributed by atoms with E-state index in [2.05, 4.69) is 15.6 Å². The third kappa shape index (κ3) is 4.39. The maximum atomic E-state index is 13.3. The van der Waals surface area contributed by atoms with Gasteiger partial charge in [0.2, 0.25) is 0 Å². The zero-order valence-electron chi connectivity index (χ0n) is 13.3. The molecule has 2 N–H and O–H groups in total. The molecule has 0 fully saturated rings. The van der Waals surface area contributed by atoms with E-state index in [1.807, 2.05) is 23.7 Å². The highest BCUT2D eigenvalue weighted by Gasteiger charge is 2.09. The van der Waals surface area contributed by atoms with E-state index in [1.54, 1.807) is 20.0 Å². The number of guanidine groups is 1. The van der Waals surface area contributed by atoms with Crippen LogP contribution in [-0.2, 0) is 20.1 Å². The summed E-state index contributed by atoms with van der Waals surface area (Å²) in [5.41, 5.74) is 2.55. The second kappa shape index (κ2) is 7.70. The number of halogens is 3. The topological polar surface area (TPSA) is 41.4 Å². The molecule has 124 valence electrons. The fourth-order valence-corrected chi connectivity index (χ4v) is 2.57. The first-order valence-electron chi connectivity index (χ1n) is 7.11. The minimum atomic E-state index is -0.200. The van der Waals surface area contributed by atoms with E-state index < -0.39 is 0 Å². The standard InChI is InChI=1S/C16H19Cl2FN4/c1-10-6-11(4-5-14(10)19)8-21-16(20-2)22-9-12-7-13(17)15(18)23(12)3/h4-7H,8-9H2,1-3H3,(H2,20,21,22). The molecular weight excluding hydrogens is 338 g/mol. The fourth-order valence-electron chi connectivity index (χ4n) is 2.16. The summed E-state index contributed by atoms with van der Waals surface area (Å²) in [5.74, 6) is 0.439. The van der Waals surface area contributed by atoms with Crippen molar-refractivity contribution in [2.45, 2.75) is 20.0 Å². The molecular formula is C16H19Cl2FN4. The molecule has 0 radical (unpaired) electrons. The van der Waals surface area contributed by atoms with Crippen LogP contribution in [0.2, 0.25) is 10.2 Å². The van der Waals surface area contributed by atoms with Gasteiger partial charge in [0, 0.05) is 26.3 Å². The van der Waals surface area contributed by atoms with E-state index in [-0.39, 0.29) is 5.82 Å². The van der Waals surface area contributed by atoms with Crippen molar-refractivity contribution in [2.75, 3.05) is 7.05 Å². The summed E-state index contributed by atoms with van der Waals surface area (Å²) in [6.45, 7) is 2.83. The smallest absolute Gasteiger partial charge is 0.191 e. The number of benzene rings is 1. The molecule has 0 bridgehead atoms. The van der Waals surface area contributed by atoms with Gasteiger partial charge in [0.05, 0.1) is 11.6 Å². The van der Waals surface area contributed by atoms with Crippen molar-refractivity contribution in [3.63, 3.8) is 0 Å². The van der Waals surface area contributed by atoms with Crippen molar-refractivity contribution >= 4 is 29.2 Å². The molecule has 4 nitrogen and oxygen atoms in total. The van der Waals surface area contributed by atoms with Gasteiger partial charge in [-0.25, -0.2) is 4.39 Å². The number of rotatable bonds is 4. The summed E-state index contributed by atoms with van der Waals surface area (Å²) in [7, 11) is 3.54. The average Bonchev–Trinajstić information content (AvgIpc) is 2.78. The van der Waals surface area contributed by atoms with E-state index >= 15 is 0 Å². The van der Waals surface area contributed by atoms with Gasteiger partial charge >= 0.3 is 0 Å². The van der Waals surface area contributed by atoms with Gasteiger partial charge in [0.1, 0.15) is 11.0 Å². The van der Waals surface area contributed by atoms with Gasteiger partial charge in [-0.3, -0.25) is 4.99 Å². The van der Waals surface area contributed by atoms with E-state index in [1.165, 1.54) is 6.07 Å². The highest BCUT2D eigenvalue weighted by Crippen LogP contribution is 2.24. The minimum absolute atomic E-state index is 0.200. The van der Waals surface area contributed by atoms with E-state index in [0.717, 1.165) is 11.3 Å². The third-order valence-corrected chi connectivity index (χ3v) is 4.40. The molecule has 0 saturated carbocycles. The van der Waals surface area contributed by atoms with E-state index in [4.69, 9.17) is 23.2 Å². The molecule has 7 heteroatoms. The summed E-state index contributed by atoms with van der Waals surface area (Å²) in [6, 6.07) is 6.84. The molecule has 0 aliphatic carbocycles. The van der Waals surface area contributed by atoms with Crippen LogP contribution in [0.1, 0.15) is 16.8 Å². The summed E-state index contributed by atoms with van der Waals surface area (Å²) in [4.78, 5) is 4.16. The number of hydrogen-bond acceptors (Lipinski definition) is 1. The molecule has 0 aliphatic heterocycles. The van der Waals surface area contributed by atoms with E-state index in [0.29, 0.717) is 34.8 Å². The Labute approximate surface area is 145 Å². The largest absolute Gasteiger partial charge is 0.352 e. The first-order chi connectivity index (χ1) is 10.9. The lowest BCUT2D eigenvalue weighted by Gasteiger charge is -2.13. The normalized spacial score (nSPS) is 11.7. The molecule has 0 spiro atoms. The first kappa shape index (κ1) is 17.6. The molecule has 0 aliphatic rings. The van der Waals surface area contributed by atoms with Crippen LogP contribution in [0.4, 0.5) is 4.39 Å². The Balaban J connectivity index is 1.93. The van der Waals surface area contributed by atoms with Crippen molar-refractivity contribution in [3.05, 3.63) is 57.1 Å². The van der Waals surface area contributed by atoms with Gasteiger partial charge in [-0.1, -0.05) is 35.3 Å². The summed E-state index contributed by atoms with van der Waals surface area (Å²) >= 11 is 12.0. The van der Waals surface area contributed by atoms with Gasteiger partial charge in [0.15, 0.2) is 5.96 Å². The molecule has 1 aromatic heterocycles. The molecule has 0 amide bonds. The second-order valence-electron chi connectivity index (χ2n) is 5.20. The van der Waals surface area contributed by atoms with Crippen molar-refractivity contribution < 1.29 is 4.39 Å². The number of nitrogens with one attached hydrogen (secondary N) is 2. The molecule has 0 unspecified atom stereocenters. The van der Waals surface area contributed by atoms with Gasteiger partial charge in [-0.15, -0.1) is 0 Å². The van der Waals surface area contributed by atoms with Crippen molar-refractivity contribution in [2.24, 2.45) is 12.0 Å². The Morgan fingerprint density at radius 1 is 1.22 bits per heavy atom. The second-order valence-corrected chi connectivity index (χ2v) is 5.96. The van der Waals surface area contributed by atoms with Gasteiger partial charge < -0.3 is 15.2 Å². The zero-order chi connectivity index (χ0) is 17.0. The van der Waals surface area contributed by atoms with Crippen LogP contribution < -0.4 is 10.6 Å². The first-order valence-corrected chi connectivity index (χ1v) is 7.87. The molecule has 23 heavy (non-hydrogen) atoms. The van der Waals surface area contributed by atoms with Gasteiger partial charge in [-0.2, -0.15) is 0 Å². The van der Waals surface area contributed by atoms with Crippen molar-refractivity contribution in [1.29, 1.82) is 0 Å². The molecule has 1 aromatic carbocycles. The SMILES string of the molecule is CN=C(NCc1ccc(F)c(C)c1)NCc1cc(Cl)c(Cl)n1C. The number of aromatic nitrogens is 1. The Morgan fingerprint density at radius 2 is 1.91 bits per heavy atom. The lowest BCUT2D eigenvalue weighted by atomic mass is 10.1. The summed E-state index contributed by atoms with van der Waals surface area (Å²) < 4.78 is 15.1. The number of hydrogen-bond donors (Lipinski definition) is 2. The number of nitrogens with zero attached hydrogens (tertiary/aromatic N) is 2. The fraction of sp³-hybridized carbons (Fsp3) is 0.312. The van der Waals surface area contributed by atoms with Gasteiger partial charge in [-0.05, 0) is 30.2 Å². The van der Waals surface area contributed by atoms with E-state index in [9.17, 15) is 4.39 Å². The lowest BCUT2D eigenvalue weighted by molar-refractivity contribution is 0.617. The van der Waals surface area contributed by atoms with Gasteiger partial charge in [0.25, 0.3) is 0 Å². The predicted molar refractivity (Wildman–Crippen MR) is 93.6 cm³/mol. The van der Waals surface area contributed by atoms with Crippen LogP contribution in [0.15, 0.2) is 29.3 Å². The third-order valence-electron chi connectivity index (χ3n) is 3.56. The van der Waals surface area contributed by atoms with Crippen LogP contribution in [0.25, 0.3) is 0 Å². The Morgan fingerprint density at radius 3 is 2.48 bits per heavy atom. The quantitative estimate of drug-likeness (QED) is 0.648. The highest BCUT2D eigenvalue weighted by atomic mass is 35.5. The highest BCUT2D eigenvalue weighted by molar-refractivity contribution is 6.41. The van der Waals surface area contributed by atoms with Crippen LogP contribution >= 0.6 is 23.2 Å². The lowest BCUT2D eigenvalue weighted by Crippen LogP contribution is -2.36. The Hall–Kier alpha value is -1.72. The van der Waals surface area contributed by atoms with Crippen LogP contribution in [0.3, 0.4) is 0 Å².